The van der Waals surface area contributed by atoms with E-state index >= 15 is 0 Å². The molecular formula is C16H13ClF3N5O3. The molecule has 0 saturated carbocycles. The average Bonchev–Trinajstić information content (AvgIpc) is 3.02. The molecule has 0 bridgehead atoms. The first kappa shape index (κ1) is 19.7. The normalized spacial score (nSPS) is 11.8. The summed E-state index contributed by atoms with van der Waals surface area (Å²) >= 11 is 5.86. The van der Waals surface area contributed by atoms with Crippen LogP contribution in [0.2, 0.25) is 5.02 Å². The number of carbonyl (C=O) groups is 1. The molecule has 3 aromatic rings. The lowest BCUT2D eigenvalue weighted by atomic mass is 10.2. The zero-order valence-electron chi connectivity index (χ0n) is 14.5. The Hall–Kier alpha value is -3.08. The van der Waals surface area contributed by atoms with Gasteiger partial charge >= 0.3 is 11.9 Å². The summed E-state index contributed by atoms with van der Waals surface area (Å²) in [7, 11) is 2.70. The van der Waals surface area contributed by atoms with Gasteiger partial charge in [0.25, 0.3) is 5.56 Å². The topological polar surface area (TPSA) is 90.9 Å². The molecule has 1 aromatic carbocycles. The molecule has 0 aliphatic carbocycles. The summed E-state index contributed by atoms with van der Waals surface area (Å²) in [6.07, 6.45) is -3.40. The van der Waals surface area contributed by atoms with E-state index in [-0.39, 0.29) is 21.9 Å². The maximum absolute atomic E-state index is 12.8. The van der Waals surface area contributed by atoms with Crippen LogP contribution in [0.25, 0.3) is 11.2 Å². The Labute approximate surface area is 159 Å². The minimum atomic E-state index is -4.60. The van der Waals surface area contributed by atoms with Crippen molar-refractivity contribution in [2.24, 2.45) is 14.1 Å². The molecule has 0 unspecified atom stereocenters. The second kappa shape index (κ2) is 6.82. The molecule has 28 heavy (non-hydrogen) atoms. The van der Waals surface area contributed by atoms with E-state index in [1.807, 2.05) is 0 Å². The SMILES string of the molecule is Cn1c(=O)c2c(ncn2CC(=O)Nc2cc(C(F)(F)F)ccc2Cl)n(C)c1=O. The van der Waals surface area contributed by atoms with E-state index in [0.29, 0.717) is 0 Å². The van der Waals surface area contributed by atoms with Gasteiger partial charge in [0.05, 0.1) is 22.6 Å². The predicted octanol–water partition coefficient (Wildman–Crippen LogP) is 1.74. The molecule has 0 fully saturated rings. The van der Waals surface area contributed by atoms with Gasteiger partial charge in [-0.25, -0.2) is 9.78 Å². The number of rotatable bonds is 3. The lowest BCUT2D eigenvalue weighted by molar-refractivity contribution is -0.137. The number of benzene rings is 1. The Kier molecular flexibility index (Phi) is 4.79. The Bertz CT molecular complexity index is 1210. The zero-order valence-corrected chi connectivity index (χ0v) is 15.3. The zero-order chi connectivity index (χ0) is 20.8. The van der Waals surface area contributed by atoms with Crippen molar-refractivity contribution >= 4 is 34.4 Å². The Balaban J connectivity index is 1.93. The summed E-state index contributed by atoms with van der Waals surface area (Å²) in [4.78, 5) is 40.5. The Morgan fingerprint density at radius 1 is 1.21 bits per heavy atom. The number of aromatic nitrogens is 4. The Morgan fingerprint density at radius 3 is 2.54 bits per heavy atom. The van der Waals surface area contributed by atoms with Crippen molar-refractivity contribution in [2.45, 2.75) is 12.7 Å². The van der Waals surface area contributed by atoms with Crippen LogP contribution < -0.4 is 16.6 Å². The van der Waals surface area contributed by atoms with Gasteiger partial charge in [0.2, 0.25) is 5.91 Å². The number of nitrogens with zero attached hydrogens (tertiary/aromatic N) is 4. The van der Waals surface area contributed by atoms with Crippen LogP contribution in [0.5, 0.6) is 0 Å². The number of carbonyl (C=O) groups excluding carboxylic acids is 1. The molecule has 0 aliphatic heterocycles. The van der Waals surface area contributed by atoms with Gasteiger partial charge in [-0.05, 0) is 18.2 Å². The monoisotopic (exact) mass is 415 g/mol. The van der Waals surface area contributed by atoms with Gasteiger partial charge in [-0.1, -0.05) is 11.6 Å². The first-order valence-electron chi connectivity index (χ1n) is 7.78. The summed E-state index contributed by atoms with van der Waals surface area (Å²) in [5.41, 5.74) is -2.33. The minimum absolute atomic E-state index is 0.00916. The third-order valence-corrected chi connectivity index (χ3v) is 4.43. The van der Waals surface area contributed by atoms with Gasteiger partial charge in [0.15, 0.2) is 11.2 Å². The van der Waals surface area contributed by atoms with Crippen molar-refractivity contribution in [1.82, 2.24) is 18.7 Å². The molecule has 0 spiro atoms. The van der Waals surface area contributed by atoms with E-state index in [2.05, 4.69) is 10.3 Å². The van der Waals surface area contributed by atoms with E-state index < -0.39 is 35.4 Å². The van der Waals surface area contributed by atoms with Crippen LogP contribution in [0.1, 0.15) is 5.56 Å². The molecule has 0 saturated heterocycles. The lowest BCUT2D eigenvalue weighted by Crippen LogP contribution is -2.37. The quantitative estimate of drug-likeness (QED) is 0.705. The molecule has 3 rings (SSSR count). The van der Waals surface area contributed by atoms with Crippen LogP contribution >= 0.6 is 11.6 Å². The van der Waals surface area contributed by atoms with Crippen LogP contribution in [0, 0.1) is 0 Å². The molecule has 148 valence electrons. The number of aryl methyl sites for hydroxylation is 1. The van der Waals surface area contributed by atoms with Crippen molar-refractivity contribution in [3.05, 3.63) is 56.0 Å². The molecule has 0 atom stereocenters. The van der Waals surface area contributed by atoms with Gasteiger partial charge in [0.1, 0.15) is 6.54 Å². The van der Waals surface area contributed by atoms with Crippen molar-refractivity contribution in [3.63, 3.8) is 0 Å². The van der Waals surface area contributed by atoms with Crippen molar-refractivity contribution in [2.75, 3.05) is 5.32 Å². The summed E-state index contributed by atoms with van der Waals surface area (Å²) < 4.78 is 41.7. The first-order chi connectivity index (χ1) is 13.0. The molecule has 1 N–H and O–H groups in total. The smallest absolute Gasteiger partial charge is 0.323 e. The van der Waals surface area contributed by atoms with Crippen LogP contribution in [-0.2, 0) is 31.6 Å². The van der Waals surface area contributed by atoms with Gasteiger partial charge in [0, 0.05) is 14.1 Å². The van der Waals surface area contributed by atoms with E-state index in [1.54, 1.807) is 0 Å². The fraction of sp³-hybridized carbons (Fsp3) is 0.250. The summed E-state index contributed by atoms with van der Waals surface area (Å²) in [6, 6.07) is 2.54. The number of hydrogen-bond acceptors (Lipinski definition) is 4. The molecular weight excluding hydrogens is 403 g/mol. The molecule has 8 nitrogen and oxygen atoms in total. The van der Waals surface area contributed by atoms with Gasteiger partial charge < -0.3 is 9.88 Å². The van der Waals surface area contributed by atoms with Crippen molar-refractivity contribution in [1.29, 1.82) is 0 Å². The molecule has 2 heterocycles. The number of fused-ring (bicyclic) bond motifs is 1. The molecule has 0 aliphatic rings. The van der Waals surface area contributed by atoms with E-state index in [1.165, 1.54) is 25.0 Å². The van der Waals surface area contributed by atoms with E-state index in [9.17, 15) is 27.6 Å². The van der Waals surface area contributed by atoms with Gasteiger partial charge in [-0.3, -0.25) is 18.7 Å². The molecule has 1 amide bonds. The number of hydrogen-bond donors (Lipinski definition) is 1. The van der Waals surface area contributed by atoms with Crippen LogP contribution in [0.3, 0.4) is 0 Å². The third kappa shape index (κ3) is 3.40. The number of alkyl halides is 3. The van der Waals surface area contributed by atoms with Crippen LogP contribution in [0.15, 0.2) is 34.1 Å². The summed E-state index contributed by atoms with van der Waals surface area (Å²) in [5, 5.41) is 2.21. The standard InChI is InChI=1S/C16H13ClF3N5O3/c1-23-13-12(14(27)24(2)15(23)28)25(7-21-13)6-11(26)22-10-5-8(16(18,19)20)3-4-9(10)17/h3-5,7H,6H2,1-2H3,(H,22,26). The first-order valence-corrected chi connectivity index (χ1v) is 8.16. The number of imidazole rings is 1. The van der Waals surface area contributed by atoms with Gasteiger partial charge in [-0.2, -0.15) is 13.2 Å². The number of amides is 1. The maximum Gasteiger partial charge on any atom is 0.416 e. The van der Waals surface area contributed by atoms with Gasteiger partial charge in [-0.15, -0.1) is 0 Å². The van der Waals surface area contributed by atoms with E-state index in [0.717, 1.165) is 27.3 Å². The summed E-state index contributed by atoms with van der Waals surface area (Å²) in [5.74, 6) is -0.726. The highest BCUT2D eigenvalue weighted by molar-refractivity contribution is 6.33. The predicted molar refractivity (Wildman–Crippen MR) is 95.3 cm³/mol. The fourth-order valence-electron chi connectivity index (χ4n) is 2.66. The third-order valence-electron chi connectivity index (χ3n) is 4.10. The minimum Gasteiger partial charge on any atom is -0.323 e. The maximum atomic E-state index is 12.8. The second-order valence-corrected chi connectivity index (χ2v) is 6.40. The molecule has 0 radical (unpaired) electrons. The fourth-order valence-corrected chi connectivity index (χ4v) is 2.82. The highest BCUT2D eigenvalue weighted by Crippen LogP contribution is 2.33. The highest BCUT2D eigenvalue weighted by atomic mass is 35.5. The number of nitrogens with one attached hydrogen (secondary N) is 1. The van der Waals surface area contributed by atoms with Crippen LogP contribution in [0.4, 0.5) is 18.9 Å². The molecule has 12 heteroatoms. The van der Waals surface area contributed by atoms with Crippen molar-refractivity contribution in [3.8, 4) is 0 Å². The summed E-state index contributed by atoms with van der Waals surface area (Å²) in [6.45, 7) is -0.420. The second-order valence-electron chi connectivity index (χ2n) is 5.99. The number of anilines is 1. The molecule has 2 aromatic heterocycles. The average molecular weight is 416 g/mol. The Morgan fingerprint density at radius 2 is 1.89 bits per heavy atom. The lowest BCUT2D eigenvalue weighted by Gasteiger charge is -2.12. The van der Waals surface area contributed by atoms with Crippen LogP contribution in [-0.4, -0.2) is 24.6 Å². The van der Waals surface area contributed by atoms with E-state index in [4.69, 9.17) is 11.6 Å². The largest absolute Gasteiger partial charge is 0.416 e. The highest BCUT2D eigenvalue weighted by Gasteiger charge is 2.31. The van der Waals surface area contributed by atoms with Crippen molar-refractivity contribution < 1.29 is 18.0 Å². The number of halogens is 4.